The van der Waals surface area contributed by atoms with Crippen LogP contribution in [0.3, 0.4) is 0 Å². The van der Waals surface area contributed by atoms with E-state index in [1.807, 2.05) is 0 Å². The fraction of sp³-hybridized carbons (Fsp3) is 1.00. The van der Waals surface area contributed by atoms with Crippen LogP contribution in [0.15, 0.2) is 0 Å². The lowest BCUT2D eigenvalue weighted by Crippen LogP contribution is -2.43. The first-order valence-corrected chi connectivity index (χ1v) is 6.76. The lowest BCUT2D eigenvalue weighted by atomic mass is 10.0. The largest absolute Gasteiger partial charge is 0.315 e. The summed E-state index contributed by atoms with van der Waals surface area (Å²) in [7, 11) is 6.55. The molecule has 1 saturated heterocycles. The van der Waals surface area contributed by atoms with Gasteiger partial charge in [0.25, 0.3) is 0 Å². The third-order valence-electron chi connectivity index (χ3n) is 3.51. The summed E-state index contributed by atoms with van der Waals surface area (Å²) in [6.07, 6.45) is 6.78. The average molecular weight is 227 g/mol. The summed E-state index contributed by atoms with van der Waals surface area (Å²) in [5, 5.41) is 3.60. The molecule has 1 rings (SSSR count). The zero-order valence-corrected chi connectivity index (χ0v) is 11.3. The van der Waals surface area contributed by atoms with E-state index < -0.39 is 0 Å². The Morgan fingerprint density at radius 3 is 2.75 bits per heavy atom. The molecule has 0 radical (unpaired) electrons. The van der Waals surface area contributed by atoms with Crippen LogP contribution >= 0.6 is 0 Å². The lowest BCUT2D eigenvalue weighted by molar-refractivity contribution is 0.181. The first-order chi connectivity index (χ1) is 7.70. The smallest absolute Gasteiger partial charge is 0.0217 e. The molecule has 0 aromatic rings. The van der Waals surface area contributed by atoms with Crippen molar-refractivity contribution < 1.29 is 0 Å². The average Bonchev–Trinajstić information content (AvgIpc) is 2.25. The van der Waals surface area contributed by atoms with Crippen LogP contribution in [0.1, 0.15) is 32.1 Å². The van der Waals surface area contributed by atoms with Gasteiger partial charge in [0.2, 0.25) is 0 Å². The van der Waals surface area contributed by atoms with Crippen LogP contribution in [0.2, 0.25) is 0 Å². The highest BCUT2D eigenvalue weighted by Crippen LogP contribution is 2.13. The molecule has 1 aliphatic heterocycles. The molecule has 0 aromatic heterocycles. The molecule has 3 heteroatoms. The topological polar surface area (TPSA) is 18.5 Å². The van der Waals surface area contributed by atoms with Crippen molar-refractivity contribution in [3.8, 4) is 0 Å². The SMILES string of the molecule is CN(C)CCCCNCC1CCCCN1C. The van der Waals surface area contributed by atoms with Gasteiger partial charge in [-0.15, -0.1) is 0 Å². The zero-order chi connectivity index (χ0) is 11.8. The Morgan fingerprint density at radius 2 is 2.06 bits per heavy atom. The molecule has 0 bridgehead atoms. The number of hydrogen-bond acceptors (Lipinski definition) is 3. The summed E-state index contributed by atoms with van der Waals surface area (Å²) in [6, 6.07) is 0.780. The van der Waals surface area contributed by atoms with Gasteiger partial charge in [0.15, 0.2) is 0 Å². The lowest BCUT2D eigenvalue weighted by Gasteiger charge is -2.32. The van der Waals surface area contributed by atoms with Gasteiger partial charge in [-0.05, 0) is 66.5 Å². The van der Waals surface area contributed by atoms with Crippen molar-refractivity contribution in [2.75, 3.05) is 47.3 Å². The molecular weight excluding hydrogens is 198 g/mol. The molecule has 16 heavy (non-hydrogen) atoms. The Labute approximate surface area is 101 Å². The van der Waals surface area contributed by atoms with E-state index in [0.29, 0.717) is 0 Å². The van der Waals surface area contributed by atoms with Crippen molar-refractivity contribution in [2.24, 2.45) is 0 Å². The van der Waals surface area contributed by atoms with Crippen molar-refractivity contribution in [3.05, 3.63) is 0 Å². The Kier molecular flexibility index (Phi) is 7.01. The quantitative estimate of drug-likeness (QED) is 0.663. The maximum absolute atomic E-state index is 3.60. The molecule has 0 saturated carbocycles. The maximum atomic E-state index is 3.60. The third-order valence-corrected chi connectivity index (χ3v) is 3.51. The fourth-order valence-corrected chi connectivity index (χ4v) is 2.35. The summed E-state index contributed by atoms with van der Waals surface area (Å²) in [4.78, 5) is 4.77. The van der Waals surface area contributed by atoms with Crippen LogP contribution in [-0.4, -0.2) is 63.2 Å². The number of hydrogen-bond donors (Lipinski definition) is 1. The normalized spacial score (nSPS) is 22.9. The van der Waals surface area contributed by atoms with E-state index in [2.05, 4.69) is 36.3 Å². The molecule has 0 aromatic carbocycles. The van der Waals surface area contributed by atoms with Crippen molar-refractivity contribution >= 4 is 0 Å². The first-order valence-electron chi connectivity index (χ1n) is 6.76. The van der Waals surface area contributed by atoms with E-state index in [9.17, 15) is 0 Å². The van der Waals surface area contributed by atoms with Gasteiger partial charge >= 0.3 is 0 Å². The second kappa shape index (κ2) is 8.04. The maximum Gasteiger partial charge on any atom is 0.0217 e. The highest BCUT2D eigenvalue weighted by Gasteiger charge is 2.17. The molecular formula is C13H29N3. The number of piperidine rings is 1. The number of rotatable bonds is 7. The van der Waals surface area contributed by atoms with Gasteiger partial charge in [-0.3, -0.25) is 0 Å². The van der Waals surface area contributed by atoms with Gasteiger partial charge in [-0.2, -0.15) is 0 Å². The van der Waals surface area contributed by atoms with Crippen molar-refractivity contribution in [2.45, 2.75) is 38.1 Å². The van der Waals surface area contributed by atoms with Crippen molar-refractivity contribution in [1.29, 1.82) is 0 Å². The Hall–Kier alpha value is -0.120. The van der Waals surface area contributed by atoms with E-state index in [-0.39, 0.29) is 0 Å². The van der Waals surface area contributed by atoms with Gasteiger partial charge in [0.05, 0.1) is 0 Å². The third kappa shape index (κ3) is 5.83. The Balaban J connectivity index is 1.94. The first kappa shape index (κ1) is 13.9. The van der Waals surface area contributed by atoms with Crippen LogP contribution in [0.5, 0.6) is 0 Å². The zero-order valence-electron chi connectivity index (χ0n) is 11.3. The van der Waals surface area contributed by atoms with Crippen LogP contribution in [0, 0.1) is 0 Å². The summed E-state index contributed by atoms with van der Waals surface area (Å²) >= 11 is 0. The van der Waals surface area contributed by atoms with Gasteiger partial charge in [0, 0.05) is 12.6 Å². The molecule has 0 aliphatic carbocycles. The minimum atomic E-state index is 0.780. The van der Waals surface area contributed by atoms with Crippen molar-refractivity contribution in [1.82, 2.24) is 15.1 Å². The summed E-state index contributed by atoms with van der Waals surface area (Å²) in [5.41, 5.74) is 0. The van der Waals surface area contributed by atoms with E-state index in [4.69, 9.17) is 0 Å². The summed E-state index contributed by atoms with van der Waals surface area (Å²) < 4.78 is 0. The molecule has 1 heterocycles. The molecule has 1 N–H and O–H groups in total. The molecule has 1 aliphatic rings. The predicted octanol–water partition coefficient (Wildman–Crippen LogP) is 1.40. The minimum Gasteiger partial charge on any atom is -0.315 e. The Morgan fingerprint density at radius 1 is 1.25 bits per heavy atom. The monoisotopic (exact) mass is 227 g/mol. The van der Waals surface area contributed by atoms with Crippen molar-refractivity contribution in [3.63, 3.8) is 0 Å². The number of likely N-dealkylation sites (N-methyl/N-ethyl adjacent to an activating group) is 1. The summed E-state index contributed by atoms with van der Waals surface area (Å²) in [5.74, 6) is 0. The Bertz CT molecular complexity index is 171. The van der Waals surface area contributed by atoms with E-state index >= 15 is 0 Å². The van der Waals surface area contributed by atoms with Crippen LogP contribution in [0.4, 0.5) is 0 Å². The van der Waals surface area contributed by atoms with Crippen LogP contribution in [0.25, 0.3) is 0 Å². The van der Waals surface area contributed by atoms with Gasteiger partial charge < -0.3 is 15.1 Å². The van der Waals surface area contributed by atoms with Gasteiger partial charge in [-0.1, -0.05) is 6.42 Å². The van der Waals surface area contributed by atoms with Gasteiger partial charge in [-0.25, -0.2) is 0 Å². The standard InChI is InChI=1S/C13H29N3/c1-15(2)10-7-5-9-14-12-13-8-4-6-11-16(13)3/h13-14H,4-12H2,1-3H3. The van der Waals surface area contributed by atoms with Crippen LogP contribution in [-0.2, 0) is 0 Å². The predicted molar refractivity (Wildman–Crippen MR) is 70.9 cm³/mol. The van der Waals surface area contributed by atoms with E-state index in [1.54, 1.807) is 0 Å². The second-order valence-corrected chi connectivity index (χ2v) is 5.34. The second-order valence-electron chi connectivity index (χ2n) is 5.34. The molecule has 0 spiro atoms. The molecule has 1 atom stereocenters. The number of nitrogens with one attached hydrogen (secondary N) is 1. The van der Waals surface area contributed by atoms with E-state index in [1.165, 1.54) is 58.3 Å². The number of unbranched alkanes of at least 4 members (excludes halogenated alkanes) is 1. The van der Waals surface area contributed by atoms with Crippen LogP contribution < -0.4 is 5.32 Å². The highest BCUT2D eigenvalue weighted by molar-refractivity contribution is 4.75. The fourth-order valence-electron chi connectivity index (χ4n) is 2.35. The number of nitrogens with zero attached hydrogens (tertiary/aromatic N) is 2. The summed E-state index contributed by atoms with van der Waals surface area (Å²) in [6.45, 7) is 4.86. The molecule has 1 fully saturated rings. The molecule has 1 unspecified atom stereocenters. The molecule has 96 valence electrons. The minimum absolute atomic E-state index is 0.780. The highest BCUT2D eigenvalue weighted by atomic mass is 15.2. The molecule has 3 nitrogen and oxygen atoms in total. The van der Waals surface area contributed by atoms with Gasteiger partial charge in [0.1, 0.15) is 0 Å². The molecule has 0 amide bonds. The van der Waals surface area contributed by atoms with E-state index in [0.717, 1.165) is 6.04 Å². The number of likely N-dealkylation sites (tertiary alicyclic amines) is 1.